The second-order valence-electron chi connectivity index (χ2n) is 8.84. The molecule has 1 fully saturated rings. The maximum absolute atomic E-state index is 13.3. The molecule has 1 aliphatic rings. The van der Waals surface area contributed by atoms with Gasteiger partial charge in [-0.1, -0.05) is 12.1 Å². The number of aryl methyl sites for hydroxylation is 2. The van der Waals surface area contributed by atoms with E-state index in [1.54, 1.807) is 24.5 Å². The Bertz CT molecular complexity index is 1140. The number of anilines is 2. The van der Waals surface area contributed by atoms with E-state index >= 15 is 0 Å². The summed E-state index contributed by atoms with van der Waals surface area (Å²) >= 11 is 0. The average Bonchev–Trinajstić information content (AvgIpc) is 2.85. The van der Waals surface area contributed by atoms with Gasteiger partial charge in [-0.2, -0.15) is 0 Å². The topological polar surface area (TPSA) is 77.6 Å². The van der Waals surface area contributed by atoms with Gasteiger partial charge < -0.3 is 15.5 Å². The van der Waals surface area contributed by atoms with Crippen molar-refractivity contribution >= 4 is 23.2 Å². The number of pyridine rings is 1. The minimum atomic E-state index is -0.693. The summed E-state index contributed by atoms with van der Waals surface area (Å²) in [5.41, 5.74) is 4.58. The summed E-state index contributed by atoms with van der Waals surface area (Å²) in [4.78, 5) is 33.8. The van der Waals surface area contributed by atoms with Gasteiger partial charge >= 0.3 is 11.8 Å². The van der Waals surface area contributed by atoms with Gasteiger partial charge in [0.05, 0.1) is 6.04 Å². The van der Waals surface area contributed by atoms with Crippen molar-refractivity contribution in [2.24, 2.45) is 0 Å². The monoisotopic (exact) mass is 475 g/mol. The number of hydrogen-bond acceptors (Lipinski definition) is 5. The highest BCUT2D eigenvalue weighted by Crippen LogP contribution is 2.24. The molecule has 2 N–H and O–H groups in total. The lowest BCUT2D eigenvalue weighted by Crippen LogP contribution is -2.50. The van der Waals surface area contributed by atoms with Gasteiger partial charge in [0.25, 0.3) is 0 Å². The molecular weight excluding hydrogens is 445 g/mol. The summed E-state index contributed by atoms with van der Waals surface area (Å²) in [6, 6.07) is 15.9. The van der Waals surface area contributed by atoms with E-state index in [4.69, 9.17) is 0 Å². The molecule has 2 heterocycles. The molecule has 4 rings (SSSR count). The molecule has 8 heteroatoms. The zero-order chi connectivity index (χ0) is 24.8. The molecule has 1 aromatic heterocycles. The lowest BCUT2D eigenvalue weighted by atomic mass is 10.1. The second-order valence-corrected chi connectivity index (χ2v) is 8.84. The maximum atomic E-state index is 13.3. The van der Waals surface area contributed by atoms with Gasteiger partial charge in [0.15, 0.2) is 0 Å². The molecule has 0 saturated carbocycles. The van der Waals surface area contributed by atoms with Crippen molar-refractivity contribution in [1.82, 2.24) is 15.2 Å². The minimum absolute atomic E-state index is 0.128. The van der Waals surface area contributed by atoms with Crippen molar-refractivity contribution in [3.63, 3.8) is 0 Å². The molecular formula is C27H30FN5O2. The van der Waals surface area contributed by atoms with Crippen molar-refractivity contribution in [2.75, 3.05) is 42.9 Å². The molecule has 0 radical (unpaired) electrons. The van der Waals surface area contributed by atoms with Crippen LogP contribution in [0.1, 0.15) is 22.7 Å². The summed E-state index contributed by atoms with van der Waals surface area (Å²) in [5, 5.41) is 5.49. The Morgan fingerprint density at radius 2 is 1.66 bits per heavy atom. The van der Waals surface area contributed by atoms with Crippen LogP contribution in [-0.2, 0) is 9.59 Å². The van der Waals surface area contributed by atoms with Crippen LogP contribution in [0.2, 0.25) is 0 Å². The number of nitrogens with one attached hydrogen (secondary N) is 2. The van der Waals surface area contributed by atoms with Gasteiger partial charge in [-0.05, 0) is 73.0 Å². The van der Waals surface area contributed by atoms with Crippen LogP contribution in [0.5, 0.6) is 0 Å². The number of benzene rings is 2. The number of carbonyl (C=O) groups excluding carboxylic acids is 2. The van der Waals surface area contributed by atoms with E-state index in [0.29, 0.717) is 5.69 Å². The van der Waals surface area contributed by atoms with Crippen molar-refractivity contribution in [1.29, 1.82) is 0 Å². The molecule has 2 amide bonds. The highest BCUT2D eigenvalue weighted by atomic mass is 19.1. The molecule has 0 aliphatic carbocycles. The first-order valence-electron chi connectivity index (χ1n) is 11.7. The molecule has 1 aliphatic heterocycles. The van der Waals surface area contributed by atoms with E-state index in [0.717, 1.165) is 48.6 Å². The maximum Gasteiger partial charge on any atom is 0.313 e. The molecule has 0 spiro atoms. The molecule has 0 bridgehead atoms. The lowest BCUT2D eigenvalue weighted by Gasteiger charge is -2.40. The normalized spacial score (nSPS) is 14.9. The van der Waals surface area contributed by atoms with Crippen LogP contribution < -0.4 is 15.5 Å². The van der Waals surface area contributed by atoms with Crippen molar-refractivity contribution in [3.05, 3.63) is 89.5 Å². The molecule has 1 atom stereocenters. The quantitative estimate of drug-likeness (QED) is 0.534. The third-order valence-corrected chi connectivity index (χ3v) is 6.16. The Hall–Kier alpha value is -3.78. The van der Waals surface area contributed by atoms with Crippen LogP contribution in [0.25, 0.3) is 0 Å². The third-order valence-electron chi connectivity index (χ3n) is 6.16. The number of nitrogens with zero attached hydrogens (tertiary/aromatic N) is 3. The average molecular weight is 476 g/mol. The van der Waals surface area contributed by atoms with Gasteiger partial charge in [-0.25, -0.2) is 4.39 Å². The van der Waals surface area contributed by atoms with Crippen molar-refractivity contribution in [3.8, 4) is 0 Å². The van der Waals surface area contributed by atoms with Gasteiger partial charge in [0, 0.05) is 56.5 Å². The van der Waals surface area contributed by atoms with E-state index < -0.39 is 11.8 Å². The molecule has 3 aromatic rings. The van der Waals surface area contributed by atoms with Crippen molar-refractivity contribution < 1.29 is 14.0 Å². The highest BCUT2D eigenvalue weighted by Gasteiger charge is 2.27. The molecule has 7 nitrogen and oxygen atoms in total. The van der Waals surface area contributed by atoms with E-state index in [1.165, 1.54) is 12.1 Å². The standard InChI is InChI=1S/C27H30FN5O2/c1-19-14-20(2)16-23(15-19)31-27(35)26(34)30-18-25(21-4-3-9-29-17-21)33-12-10-32(11-13-33)24-7-5-22(28)6-8-24/h3-9,14-17,25H,10-13,18H2,1-2H3,(H,30,34)(H,31,35). The lowest BCUT2D eigenvalue weighted by molar-refractivity contribution is -0.136. The highest BCUT2D eigenvalue weighted by molar-refractivity contribution is 6.39. The largest absolute Gasteiger partial charge is 0.369 e. The van der Waals surface area contributed by atoms with Crippen LogP contribution in [-0.4, -0.2) is 54.4 Å². The first kappa shape index (κ1) is 24.3. The second kappa shape index (κ2) is 11.1. The summed E-state index contributed by atoms with van der Waals surface area (Å²) < 4.78 is 13.3. The van der Waals surface area contributed by atoms with E-state index in [2.05, 4.69) is 25.4 Å². The van der Waals surface area contributed by atoms with E-state index in [-0.39, 0.29) is 18.4 Å². The number of piperazine rings is 1. The fraction of sp³-hybridized carbons (Fsp3) is 0.296. The Kier molecular flexibility index (Phi) is 7.72. The zero-order valence-electron chi connectivity index (χ0n) is 20.0. The predicted molar refractivity (Wildman–Crippen MR) is 135 cm³/mol. The number of carbonyl (C=O) groups is 2. The molecule has 2 aromatic carbocycles. The van der Waals surface area contributed by atoms with Crippen LogP contribution in [0.3, 0.4) is 0 Å². The number of amides is 2. The molecule has 1 unspecified atom stereocenters. The first-order chi connectivity index (χ1) is 16.9. The van der Waals surface area contributed by atoms with Crippen LogP contribution in [0.4, 0.5) is 15.8 Å². The third kappa shape index (κ3) is 6.42. The number of hydrogen-bond donors (Lipinski definition) is 2. The number of rotatable bonds is 6. The SMILES string of the molecule is Cc1cc(C)cc(NC(=O)C(=O)NCC(c2cccnc2)N2CCN(c3ccc(F)cc3)CC2)c1. The molecule has 182 valence electrons. The fourth-order valence-corrected chi connectivity index (χ4v) is 4.48. The van der Waals surface area contributed by atoms with E-state index in [9.17, 15) is 14.0 Å². The fourth-order valence-electron chi connectivity index (χ4n) is 4.48. The van der Waals surface area contributed by atoms with Gasteiger partial charge in [-0.15, -0.1) is 0 Å². The van der Waals surface area contributed by atoms with E-state index in [1.807, 2.05) is 44.2 Å². The van der Waals surface area contributed by atoms with Crippen LogP contribution in [0.15, 0.2) is 67.0 Å². The minimum Gasteiger partial charge on any atom is -0.369 e. The van der Waals surface area contributed by atoms with Gasteiger partial charge in [0.2, 0.25) is 0 Å². The Balaban J connectivity index is 1.39. The zero-order valence-corrected chi connectivity index (χ0v) is 20.0. The van der Waals surface area contributed by atoms with Crippen LogP contribution in [0, 0.1) is 19.7 Å². The predicted octanol–water partition coefficient (Wildman–Crippen LogP) is 3.46. The molecule has 35 heavy (non-hydrogen) atoms. The number of halogens is 1. The molecule has 1 saturated heterocycles. The Labute approximate surface area is 205 Å². The smallest absolute Gasteiger partial charge is 0.313 e. The summed E-state index contributed by atoms with van der Waals surface area (Å²) in [5.74, 6) is -1.62. The Morgan fingerprint density at radius 3 is 2.29 bits per heavy atom. The summed E-state index contributed by atoms with van der Waals surface area (Å²) in [7, 11) is 0. The van der Waals surface area contributed by atoms with Crippen LogP contribution >= 0.6 is 0 Å². The van der Waals surface area contributed by atoms with Gasteiger partial charge in [0.1, 0.15) is 5.82 Å². The number of aromatic nitrogens is 1. The summed E-state index contributed by atoms with van der Waals surface area (Å²) in [6.07, 6.45) is 3.50. The first-order valence-corrected chi connectivity index (χ1v) is 11.7. The Morgan fingerprint density at radius 1 is 0.971 bits per heavy atom. The van der Waals surface area contributed by atoms with Crippen molar-refractivity contribution in [2.45, 2.75) is 19.9 Å². The van der Waals surface area contributed by atoms with Gasteiger partial charge in [-0.3, -0.25) is 19.5 Å². The summed E-state index contributed by atoms with van der Waals surface area (Å²) in [6.45, 7) is 7.20.